The van der Waals surface area contributed by atoms with E-state index in [9.17, 15) is 17.6 Å². The van der Waals surface area contributed by atoms with Crippen molar-refractivity contribution in [1.82, 2.24) is 4.31 Å². The van der Waals surface area contributed by atoms with E-state index in [1.165, 1.54) is 16.4 Å². The summed E-state index contributed by atoms with van der Waals surface area (Å²) in [5, 5.41) is 2.91. The summed E-state index contributed by atoms with van der Waals surface area (Å²) in [7, 11) is -3.56. The van der Waals surface area contributed by atoms with Gasteiger partial charge in [-0.05, 0) is 61.7 Å². The fraction of sp³-hybridized carbons (Fsp3) is 0.269. The molecule has 1 N–H and O–H groups in total. The van der Waals surface area contributed by atoms with Gasteiger partial charge in [-0.15, -0.1) is 0 Å². The van der Waals surface area contributed by atoms with Gasteiger partial charge in [-0.25, -0.2) is 12.8 Å². The predicted molar refractivity (Wildman–Crippen MR) is 128 cm³/mol. The number of nitrogens with zero attached hydrogens (tertiary/aromatic N) is 1. The molecule has 1 fully saturated rings. The number of piperidine rings is 1. The van der Waals surface area contributed by atoms with E-state index in [0.29, 0.717) is 37.4 Å². The Morgan fingerprint density at radius 2 is 1.71 bits per heavy atom. The number of nitrogens with one attached hydrogen (secondary N) is 1. The minimum absolute atomic E-state index is 0.136. The van der Waals surface area contributed by atoms with Crippen LogP contribution < -0.4 is 10.1 Å². The first-order valence-corrected chi connectivity index (χ1v) is 12.6. The highest BCUT2D eigenvalue weighted by Gasteiger charge is 2.32. The molecular formula is C26H27FN2O4S. The Labute approximate surface area is 199 Å². The van der Waals surface area contributed by atoms with Crippen LogP contribution in [0.4, 0.5) is 10.1 Å². The van der Waals surface area contributed by atoms with E-state index < -0.39 is 10.0 Å². The van der Waals surface area contributed by atoms with E-state index in [1.807, 2.05) is 6.92 Å². The van der Waals surface area contributed by atoms with Crippen LogP contribution in [0.1, 0.15) is 24.0 Å². The van der Waals surface area contributed by atoms with Crippen molar-refractivity contribution in [3.05, 3.63) is 89.7 Å². The predicted octanol–water partition coefficient (Wildman–Crippen LogP) is 4.75. The van der Waals surface area contributed by atoms with Crippen LogP contribution in [0.5, 0.6) is 5.75 Å². The molecule has 1 amide bonds. The van der Waals surface area contributed by atoms with Crippen LogP contribution in [0, 0.1) is 18.7 Å². The number of aryl methyl sites for hydroxylation is 1. The molecular weight excluding hydrogens is 455 g/mol. The van der Waals surface area contributed by atoms with E-state index in [2.05, 4.69) is 5.32 Å². The van der Waals surface area contributed by atoms with Gasteiger partial charge < -0.3 is 10.1 Å². The van der Waals surface area contributed by atoms with Gasteiger partial charge in [0.25, 0.3) is 0 Å². The molecule has 1 aliphatic rings. The van der Waals surface area contributed by atoms with E-state index in [0.717, 1.165) is 11.1 Å². The minimum atomic E-state index is -3.56. The van der Waals surface area contributed by atoms with Gasteiger partial charge in [0.2, 0.25) is 15.9 Å². The molecule has 3 aromatic rings. The highest BCUT2D eigenvalue weighted by molar-refractivity contribution is 7.89. The average molecular weight is 483 g/mol. The molecule has 0 bridgehead atoms. The van der Waals surface area contributed by atoms with E-state index in [-0.39, 0.29) is 29.1 Å². The van der Waals surface area contributed by atoms with E-state index in [1.54, 1.807) is 60.7 Å². The largest absolute Gasteiger partial charge is 0.489 e. The molecule has 1 heterocycles. The van der Waals surface area contributed by atoms with Crippen molar-refractivity contribution in [3.63, 3.8) is 0 Å². The van der Waals surface area contributed by atoms with E-state index in [4.69, 9.17) is 4.74 Å². The Hall–Kier alpha value is -3.23. The molecule has 0 spiro atoms. The number of amides is 1. The Bertz CT molecular complexity index is 1240. The Morgan fingerprint density at radius 3 is 2.38 bits per heavy atom. The summed E-state index contributed by atoms with van der Waals surface area (Å²) in [5.74, 6) is -0.121. The summed E-state index contributed by atoms with van der Waals surface area (Å²) in [6.45, 7) is 2.80. The summed E-state index contributed by atoms with van der Waals surface area (Å²) < 4.78 is 46.0. The van der Waals surface area contributed by atoms with Crippen LogP contribution >= 0.6 is 0 Å². The number of benzene rings is 3. The van der Waals surface area contributed by atoms with Crippen molar-refractivity contribution in [3.8, 4) is 5.75 Å². The number of ether oxygens (including phenoxy) is 1. The third-order valence-electron chi connectivity index (χ3n) is 5.90. The normalized spacial score (nSPS) is 15.1. The summed E-state index contributed by atoms with van der Waals surface area (Å²) in [6, 6.07) is 20.0. The third-order valence-corrected chi connectivity index (χ3v) is 7.82. The molecule has 0 aromatic heterocycles. The smallest absolute Gasteiger partial charge is 0.243 e. The second kappa shape index (κ2) is 10.4. The quantitative estimate of drug-likeness (QED) is 0.527. The van der Waals surface area contributed by atoms with Gasteiger partial charge in [-0.1, -0.05) is 35.9 Å². The van der Waals surface area contributed by atoms with Crippen molar-refractivity contribution < 1.29 is 22.3 Å². The zero-order chi connectivity index (χ0) is 24.1. The van der Waals surface area contributed by atoms with Gasteiger partial charge in [0.05, 0.1) is 4.90 Å². The maximum atomic E-state index is 13.0. The zero-order valence-electron chi connectivity index (χ0n) is 18.9. The van der Waals surface area contributed by atoms with Crippen LogP contribution in [0.3, 0.4) is 0 Å². The molecule has 0 unspecified atom stereocenters. The lowest BCUT2D eigenvalue weighted by Crippen LogP contribution is -2.41. The van der Waals surface area contributed by atoms with Crippen LogP contribution in [-0.2, 0) is 21.4 Å². The van der Waals surface area contributed by atoms with E-state index >= 15 is 0 Å². The summed E-state index contributed by atoms with van der Waals surface area (Å²) >= 11 is 0. The number of hydrogen-bond donors (Lipinski definition) is 1. The monoisotopic (exact) mass is 482 g/mol. The van der Waals surface area contributed by atoms with Crippen molar-refractivity contribution in [2.75, 3.05) is 18.4 Å². The van der Waals surface area contributed by atoms with Gasteiger partial charge in [-0.2, -0.15) is 4.31 Å². The fourth-order valence-corrected chi connectivity index (χ4v) is 5.34. The molecule has 6 nitrogen and oxygen atoms in total. The molecule has 34 heavy (non-hydrogen) atoms. The topological polar surface area (TPSA) is 75.7 Å². The standard InChI is InChI=1S/C26H27FN2O4S/c1-19-5-11-25(12-6-19)34(31,32)29-15-13-21(14-16-29)26(30)28-23-3-2-4-24(17-23)33-18-20-7-9-22(27)10-8-20/h2-12,17,21H,13-16,18H2,1H3,(H,28,30). The summed E-state index contributed by atoms with van der Waals surface area (Å²) in [4.78, 5) is 13.1. The molecule has 3 aromatic carbocycles. The molecule has 1 saturated heterocycles. The van der Waals surface area contributed by atoms with Crippen LogP contribution in [0.15, 0.2) is 77.7 Å². The maximum Gasteiger partial charge on any atom is 0.243 e. The first-order valence-electron chi connectivity index (χ1n) is 11.2. The Balaban J connectivity index is 1.31. The van der Waals surface area contributed by atoms with Gasteiger partial charge >= 0.3 is 0 Å². The Kier molecular flexibility index (Phi) is 7.29. The number of carbonyl (C=O) groups excluding carboxylic acids is 1. The van der Waals surface area contributed by atoms with Gasteiger partial charge in [0, 0.05) is 30.8 Å². The lowest BCUT2D eigenvalue weighted by molar-refractivity contribution is -0.120. The highest BCUT2D eigenvalue weighted by atomic mass is 32.2. The van der Waals surface area contributed by atoms with Gasteiger partial charge in [-0.3, -0.25) is 4.79 Å². The molecule has 178 valence electrons. The second-order valence-corrected chi connectivity index (χ2v) is 10.4. The number of anilines is 1. The molecule has 1 aliphatic heterocycles. The molecule has 4 rings (SSSR count). The second-order valence-electron chi connectivity index (χ2n) is 8.42. The molecule has 0 radical (unpaired) electrons. The first kappa shape index (κ1) is 23.9. The van der Waals surface area contributed by atoms with Gasteiger partial charge in [0.1, 0.15) is 18.2 Å². The lowest BCUT2D eigenvalue weighted by Gasteiger charge is -2.30. The minimum Gasteiger partial charge on any atom is -0.489 e. The zero-order valence-corrected chi connectivity index (χ0v) is 19.7. The SMILES string of the molecule is Cc1ccc(S(=O)(=O)N2CCC(C(=O)Nc3cccc(OCc4ccc(F)cc4)c3)CC2)cc1. The molecule has 0 atom stereocenters. The van der Waals surface area contributed by atoms with Crippen LogP contribution in [0.25, 0.3) is 0 Å². The summed E-state index contributed by atoms with van der Waals surface area (Å²) in [5.41, 5.74) is 2.44. The van der Waals surface area contributed by atoms with Crippen molar-refractivity contribution in [2.24, 2.45) is 5.92 Å². The van der Waals surface area contributed by atoms with Crippen molar-refractivity contribution in [1.29, 1.82) is 0 Å². The Morgan fingerprint density at radius 1 is 1.03 bits per heavy atom. The molecule has 8 heteroatoms. The fourth-order valence-electron chi connectivity index (χ4n) is 3.87. The third kappa shape index (κ3) is 5.81. The number of sulfonamides is 1. The number of rotatable bonds is 7. The highest BCUT2D eigenvalue weighted by Crippen LogP contribution is 2.26. The number of hydrogen-bond acceptors (Lipinski definition) is 4. The first-order chi connectivity index (χ1) is 16.3. The van der Waals surface area contributed by atoms with Crippen molar-refractivity contribution >= 4 is 21.6 Å². The average Bonchev–Trinajstić information content (AvgIpc) is 2.84. The lowest BCUT2D eigenvalue weighted by atomic mass is 9.97. The van der Waals surface area contributed by atoms with Crippen LogP contribution in [0.2, 0.25) is 0 Å². The van der Waals surface area contributed by atoms with Crippen molar-refractivity contribution in [2.45, 2.75) is 31.3 Å². The van der Waals surface area contributed by atoms with Crippen LogP contribution in [-0.4, -0.2) is 31.7 Å². The van der Waals surface area contributed by atoms with Gasteiger partial charge in [0.15, 0.2) is 0 Å². The summed E-state index contributed by atoms with van der Waals surface area (Å²) in [6.07, 6.45) is 0.912. The molecule has 0 aliphatic carbocycles. The number of carbonyl (C=O) groups is 1. The maximum absolute atomic E-state index is 13.0. The molecule has 0 saturated carbocycles. The number of halogens is 1.